The summed E-state index contributed by atoms with van der Waals surface area (Å²) in [5.74, 6) is -0.988. The SMILES string of the molecule is C=COC=C.CCOC=CC(=O)O. The molecule has 0 bridgehead atoms. The summed E-state index contributed by atoms with van der Waals surface area (Å²) in [5, 5.41) is 7.97. The van der Waals surface area contributed by atoms with E-state index in [2.05, 4.69) is 22.6 Å². The molecule has 4 heteroatoms. The zero-order valence-electron chi connectivity index (χ0n) is 7.60. The van der Waals surface area contributed by atoms with Crippen LogP contribution in [0.15, 0.2) is 38.0 Å². The van der Waals surface area contributed by atoms with Gasteiger partial charge in [-0.3, -0.25) is 0 Å². The zero-order valence-corrected chi connectivity index (χ0v) is 7.60. The van der Waals surface area contributed by atoms with E-state index in [4.69, 9.17) is 5.11 Å². The third-order valence-corrected chi connectivity index (χ3v) is 0.666. The van der Waals surface area contributed by atoms with E-state index in [1.54, 1.807) is 6.92 Å². The minimum Gasteiger partial charge on any atom is -0.501 e. The molecule has 0 aliphatic heterocycles. The molecule has 0 aliphatic carbocycles. The van der Waals surface area contributed by atoms with E-state index in [0.717, 1.165) is 12.3 Å². The molecule has 0 saturated carbocycles. The predicted octanol–water partition coefficient (Wildman–Crippen LogP) is 1.91. The van der Waals surface area contributed by atoms with E-state index in [9.17, 15) is 4.79 Å². The summed E-state index contributed by atoms with van der Waals surface area (Å²) in [6.07, 6.45) is 4.73. The highest BCUT2D eigenvalue weighted by molar-refractivity contribution is 5.79. The molecule has 0 atom stereocenters. The van der Waals surface area contributed by atoms with Crippen LogP contribution in [0.5, 0.6) is 0 Å². The quantitative estimate of drug-likeness (QED) is 0.526. The normalized spacial score (nSPS) is 8.08. The van der Waals surface area contributed by atoms with Crippen molar-refractivity contribution in [1.82, 2.24) is 0 Å². The molecule has 0 saturated heterocycles. The van der Waals surface area contributed by atoms with E-state index >= 15 is 0 Å². The van der Waals surface area contributed by atoms with Crippen molar-refractivity contribution in [2.75, 3.05) is 6.61 Å². The Labute approximate surface area is 77.8 Å². The second-order valence-electron chi connectivity index (χ2n) is 1.57. The Morgan fingerprint density at radius 1 is 1.46 bits per heavy atom. The molecule has 13 heavy (non-hydrogen) atoms. The van der Waals surface area contributed by atoms with Crippen molar-refractivity contribution in [3.63, 3.8) is 0 Å². The maximum Gasteiger partial charge on any atom is 0.331 e. The van der Waals surface area contributed by atoms with Gasteiger partial charge in [0.15, 0.2) is 0 Å². The van der Waals surface area contributed by atoms with Crippen molar-refractivity contribution in [3.8, 4) is 0 Å². The number of rotatable bonds is 5. The van der Waals surface area contributed by atoms with Crippen molar-refractivity contribution in [2.24, 2.45) is 0 Å². The van der Waals surface area contributed by atoms with E-state index < -0.39 is 5.97 Å². The van der Waals surface area contributed by atoms with Gasteiger partial charge in [0.05, 0.1) is 31.5 Å². The van der Waals surface area contributed by atoms with Gasteiger partial charge in [-0.15, -0.1) is 0 Å². The average Bonchev–Trinajstić information content (AvgIpc) is 2.07. The molecule has 0 radical (unpaired) electrons. The molecular formula is C9H14O4. The van der Waals surface area contributed by atoms with Gasteiger partial charge in [-0.25, -0.2) is 4.79 Å². The Bertz CT molecular complexity index is 166. The van der Waals surface area contributed by atoms with Gasteiger partial charge < -0.3 is 14.6 Å². The third kappa shape index (κ3) is 25.3. The molecule has 1 N–H and O–H groups in total. The van der Waals surface area contributed by atoms with Crippen molar-refractivity contribution in [2.45, 2.75) is 6.92 Å². The number of hydrogen-bond acceptors (Lipinski definition) is 3. The lowest BCUT2D eigenvalue weighted by Crippen LogP contribution is -1.87. The highest BCUT2D eigenvalue weighted by Crippen LogP contribution is 1.74. The molecule has 0 unspecified atom stereocenters. The van der Waals surface area contributed by atoms with Crippen LogP contribution in [0, 0.1) is 0 Å². The Kier molecular flexibility index (Phi) is 13.8. The van der Waals surface area contributed by atoms with E-state index in [1.807, 2.05) is 0 Å². The lowest BCUT2D eigenvalue weighted by atomic mass is 10.6. The first-order valence-corrected chi connectivity index (χ1v) is 3.57. The summed E-state index contributed by atoms with van der Waals surface area (Å²) in [7, 11) is 0. The van der Waals surface area contributed by atoms with Crippen LogP contribution in [0.25, 0.3) is 0 Å². The highest BCUT2D eigenvalue weighted by Gasteiger charge is 1.81. The van der Waals surface area contributed by atoms with Crippen molar-refractivity contribution in [1.29, 1.82) is 0 Å². The largest absolute Gasteiger partial charge is 0.501 e. The van der Waals surface area contributed by atoms with Crippen molar-refractivity contribution < 1.29 is 19.4 Å². The van der Waals surface area contributed by atoms with Gasteiger partial charge in [-0.2, -0.15) is 0 Å². The Morgan fingerprint density at radius 2 is 2.00 bits per heavy atom. The standard InChI is InChI=1S/C5H8O3.C4H6O/c1-2-8-4-3-5(6)7;1-3-5-4-2/h3-4H,2H2,1H3,(H,6,7);3-4H,1-2H2. The van der Waals surface area contributed by atoms with Crippen LogP contribution in [0.3, 0.4) is 0 Å². The fraction of sp³-hybridized carbons (Fsp3) is 0.222. The van der Waals surface area contributed by atoms with Gasteiger partial charge in [-0.1, -0.05) is 13.2 Å². The minimum absolute atomic E-state index is 0.504. The number of ether oxygens (including phenoxy) is 2. The van der Waals surface area contributed by atoms with Crippen LogP contribution >= 0.6 is 0 Å². The third-order valence-electron chi connectivity index (χ3n) is 0.666. The fourth-order valence-corrected chi connectivity index (χ4v) is 0.271. The summed E-state index contributed by atoms with van der Waals surface area (Å²) in [4.78, 5) is 9.71. The minimum atomic E-state index is -0.988. The first-order valence-electron chi connectivity index (χ1n) is 3.57. The van der Waals surface area contributed by atoms with E-state index in [-0.39, 0.29) is 0 Å². The Balaban J connectivity index is 0. The number of carbonyl (C=O) groups is 1. The fourth-order valence-electron chi connectivity index (χ4n) is 0.271. The highest BCUT2D eigenvalue weighted by atomic mass is 16.5. The molecule has 0 aliphatic rings. The molecule has 74 valence electrons. The van der Waals surface area contributed by atoms with Gasteiger partial charge >= 0.3 is 5.97 Å². The van der Waals surface area contributed by atoms with E-state index in [1.165, 1.54) is 12.5 Å². The summed E-state index contributed by atoms with van der Waals surface area (Å²) in [6, 6.07) is 0. The van der Waals surface area contributed by atoms with Gasteiger partial charge in [0.25, 0.3) is 0 Å². The summed E-state index contributed by atoms with van der Waals surface area (Å²) in [5.41, 5.74) is 0. The topological polar surface area (TPSA) is 55.8 Å². The molecule has 0 aromatic heterocycles. The second-order valence-corrected chi connectivity index (χ2v) is 1.57. The maximum absolute atomic E-state index is 9.71. The summed E-state index contributed by atoms with van der Waals surface area (Å²) in [6.45, 7) is 8.80. The molecule has 0 aromatic rings. The molecule has 0 spiro atoms. The van der Waals surface area contributed by atoms with Gasteiger partial charge in [0.2, 0.25) is 0 Å². The first kappa shape index (κ1) is 13.9. The predicted molar refractivity (Wildman–Crippen MR) is 49.9 cm³/mol. The summed E-state index contributed by atoms with van der Waals surface area (Å²) < 4.78 is 8.94. The monoisotopic (exact) mass is 186 g/mol. The molecule has 4 nitrogen and oxygen atoms in total. The first-order chi connectivity index (χ1) is 6.18. The van der Waals surface area contributed by atoms with E-state index in [0.29, 0.717) is 6.61 Å². The van der Waals surface area contributed by atoms with Crippen LogP contribution in [0.4, 0.5) is 0 Å². The lowest BCUT2D eigenvalue weighted by Gasteiger charge is -1.87. The van der Waals surface area contributed by atoms with Gasteiger partial charge in [0.1, 0.15) is 0 Å². The maximum atomic E-state index is 9.71. The molecule has 0 rings (SSSR count). The molecule has 0 heterocycles. The zero-order chi connectivity index (χ0) is 10.5. The van der Waals surface area contributed by atoms with Crippen LogP contribution in [-0.2, 0) is 14.3 Å². The van der Waals surface area contributed by atoms with Crippen LogP contribution in [0.2, 0.25) is 0 Å². The van der Waals surface area contributed by atoms with Gasteiger partial charge in [0, 0.05) is 0 Å². The van der Waals surface area contributed by atoms with Crippen LogP contribution in [-0.4, -0.2) is 17.7 Å². The molecule has 0 fully saturated rings. The smallest absolute Gasteiger partial charge is 0.331 e. The van der Waals surface area contributed by atoms with Gasteiger partial charge in [-0.05, 0) is 6.92 Å². The van der Waals surface area contributed by atoms with Crippen LogP contribution in [0.1, 0.15) is 6.92 Å². The second kappa shape index (κ2) is 12.9. The van der Waals surface area contributed by atoms with Crippen molar-refractivity contribution >= 4 is 5.97 Å². The molecule has 0 amide bonds. The number of hydrogen-bond donors (Lipinski definition) is 1. The number of carboxylic acids is 1. The Hall–Kier alpha value is -1.71. The number of aliphatic carboxylic acids is 1. The number of carboxylic acid groups (broad SMARTS) is 1. The molecule has 0 aromatic carbocycles. The Morgan fingerprint density at radius 3 is 2.23 bits per heavy atom. The van der Waals surface area contributed by atoms with Crippen LogP contribution < -0.4 is 0 Å². The van der Waals surface area contributed by atoms with Crippen molar-refractivity contribution in [3.05, 3.63) is 38.0 Å². The lowest BCUT2D eigenvalue weighted by molar-refractivity contribution is -0.131. The summed E-state index contributed by atoms with van der Waals surface area (Å²) >= 11 is 0. The average molecular weight is 186 g/mol. The molecular weight excluding hydrogens is 172 g/mol.